The van der Waals surface area contributed by atoms with Gasteiger partial charge in [0.25, 0.3) is 0 Å². The molecule has 3 heterocycles. The first-order valence-electron chi connectivity index (χ1n) is 15.4. The van der Waals surface area contributed by atoms with Crippen molar-refractivity contribution < 1.29 is 8.42 Å². The second kappa shape index (κ2) is 10.4. The van der Waals surface area contributed by atoms with Gasteiger partial charge in [0.15, 0.2) is 15.5 Å². The maximum Gasteiger partial charge on any atom is 0.181 e. The normalized spacial score (nSPS) is 24.1. The van der Waals surface area contributed by atoms with E-state index < -0.39 is 9.84 Å². The zero-order valence-corrected chi connectivity index (χ0v) is 25.0. The van der Waals surface area contributed by atoms with E-state index in [1.54, 1.807) is 12.1 Å². The summed E-state index contributed by atoms with van der Waals surface area (Å²) >= 11 is 0. The van der Waals surface area contributed by atoms with Gasteiger partial charge in [0.1, 0.15) is 5.69 Å². The van der Waals surface area contributed by atoms with Gasteiger partial charge in [0.2, 0.25) is 0 Å². The molecule has 0 spiro atoms. The lowest BCUT2D eigenvalue weighted by atomic mass is 9.89. The molecule has 1 saturated carbocycles. The number of nitrogens with zero attached hydrogens (tertiary/aromatic N) is 3. The van der Waals surface area contributed by atoms with Crippen LogP contribution >= 0.6 is 0 Å². The number of aryl methyl sites for hydroxylation is 2. The van der Waals surface area contributed by atoms with Gasteiger partial charge in [-0.25, -0.2) is 13.4 Å². The standard InChI is InChI=1S/C34H40N4O2S/c1-23-6-5-19-38(23)34(2)17-15-24-9-10-26(20-27(24)16-18-34)28-21-31-32(36-37-33(31)35-22-28)25-11-13-30(14-12-25)41(39,40)29-7-3-4-8-29/h9-14,20-23,29H,3-8,15-19H2,1-2H3,(H,35,36,37)/t23-,34?/m1/s1. The van der Waals surface area contributed by atoms with Gasteiger partial charge < -0.3 is 0 Å². The first kappa shape index (κ1) is 26.8. The number of hydrogen-bond acceptors (Lipinski definition) is 5. The molecule has 2 aromatic heterocycles. The molecule has 0 radical (unpaired) electrons. The van der Waals surface area contributed by atoms with E-state index in [1.807, 2.05) is 18.3 Å². The van der Waals surface area contributed by atoms with Crippen LogP contribution in [-0.4, -0.2) is 51.9 Å². The molecule has 1 N–H and O–H groups in total. The maximum atomic E-state index is 13.1. The highest BCUT2D eigenvalue weighted by Crippen LogP contribution is 2.38. The Morgan fingerprint density at radius 1 is 0.878 bits per heavy atom. The van der Waals surface area contributed by atoms with E-state index in [2.05, 4.69) is 53.2 Å². The number of rotatable bonds is 5. The Morgan fingerprint density at radius 2 is 1.61 bits per heavy atom. The fourth-order valence-electron chi connectivity index (χ4n) is 7.71. The van der Waals surface area contributed by atoms with Crippen LogP contribution in [0.2, 0.25) is 0 Å². The number of likely N-dealkylation sites (tertiary alicyclic amines) is 1. The Morgan fingerprint density at radius 3 is 2.34 bits per heavy atom. The molecule has 6 nitrogen and oxygen atoms in total. The molecular formula is C34H40N4O2S. The van der Waals surface area contributed by atoms with Crippen LogP contribution in [0, 0.1) is 0 Å². The minimum absolute atomic E-state index is 0.246. The van der Waals surface area contributed by atoms with Crippen LogP contribution in [0.3, 0.4) is 0 Å². The summed E-state index contributed by atoms with van der Waals surface area (Å²) in [6, 6.07) is 17.0. The zero-order chi connectivity index (χ0) is 28.2. The van der Waals surface area contributed by atoms with E-state index in [0.717, 1.165) is 66.4 Å². The summed E-state index contributed by atoms with van der Waals surface area (Å²) in [6.45, 7) is 6.11. The molecule has 7 heteroatoms. The molecule has 1 aliphatic heterocycles. The van der Waals surface area contributed by atoms with Gasteiger partial charge in [-0.05, 0) is 107 Å². The number of aromatic nitrogens is 3. The lowest BCUT2D eigenvalue weighted by molar-refractivity contribution is 0.0821. The van der Waals surface area contributed by atoms with Crippen molar-refractivity contribution in [3.63, 3.8) is 0 Å². The lowest BCUT2D eigenvalue weighted by Crippen LogP contribution is -2.48. The highest BCUT2D eigenvalue weighted by Gasteiger charge is 2.38. The predicted molar refractivity (Wildman–Crippen MR) is 165 cm³/mol. The van der Waals surface area contributed by atoms with Crippen LogP contribution in [0.5, 0.6) is 0 Å². The Balaban J connectivity index is 1.16. The first-order chi connectivity index (χ1) is 19.8. The molecule has 2 fully saturated rings. The van der Waals surface area contributed by atoms with E-state index in [1.165, 1.54) is 48.9 Å². The summed E-state index contributed by atoms with van der Waals surface area (Å²) in [4.78, 5) is 7.89. The highest BCUT2D eigenvalue weighted by molar-refractivity contribution is 7.92. The largest absolute Gasteiger partial charge is 0.295 e. The van der Waals surface area contributed by atoms with Gasteiger partial charge in [-0.1, -0.05) is 43.2 Å². The monoisotopic (exact) mass is 568 g/mol. The summed E-state index contributed by atoms with van der Waals surface area (Å²) in [5.74, 6) is 0. The topological polar surface area (TPSA) is 79.0 Å². The van der Waals surface area contributed by atoms with Crippen LogP contribution in [-0.2, 0) is 22.7 Å². The number of benzene rings is 2. The Kier molecular flexibility index (Phi) is 6.78. The van der Waals surface area contributed by atoms with Gasteiger partial charge in [0, 0.05) is 34.3 Å². The molecule has 1 unspecified atom stereocenters. The number of fused-ring (bicyclic) bond motifs is 2. The smallest absolute Gasteiger partial charge is 0.181 e. The van der Waals surface area contributed by atoms with Crippen LogP contribution in [0.1, 0.15) is 76.3 Å². The molecule has 2 atom stereocenters. The van der Waals surface area contributed by atoms with Crippen molar-refractivity contribution in [3.05, 3.63) is 65.9 Å². The third kappa shape index (κ3) is 4.81. The minimum atomic E-state index is -3.28. The Hall–Kier alpha value is -3.03. The van der Waals surface area contributed by atoms with Crippen molar-refractivity contribution >= 4 is 20.9 Å². The molecule has 2 aromatic carbocycles. The molecule has 41 heavy (non-hydrogen) atoms. The van der Waals surface area contributed by atoms with Gasteiger partial charge in [-0.3, -0.25) is 10.00 Å². The summed E-state index contributed by atoms with van der Waals surface area (Å²) in [6.07, 6.45) is 12.7. The quantitative estimate of drug-likeness (QED) is 0.259. The molecule has 0 amide bonds. The number of hydrogen-bond donors (Lipinski definition) is 1. The van der Waals surface area contributed by atoms with Crippen molar-refractivity contribution in [1.29, 1.82) is 0 Å². The molecule has 2 aliphatic carbocycles. The fourth-order valence-corrected chi connectivity index (χ4v) is 9.57. The molecule has 3 aliphatic rings. The Bertz CT molecular complexity index is 1690. The van der Waals surface area contributed by atoms with Gasteiger partial charge >= 0.3 is 0 Å². The third-order valence-corrected chi connectivity index (χ3v) is 12.5. The van der Waals surface area contributed by atoms with Crippen molar-refractivity contribution in [2.75, 3.05) is 6.54 Å². The van der Waals surface area contributed by atoms with Crippen LogP contribution in [0.25, 0.3) is 33.4 Å². The summed E-state index contributed by atoms with van der Waals surface area (Å²) in [5.41, 5.74) is 7.89. The first-order valence-corrected chi connectivity index (χ1v) is 16.9. The highest BCUT2D eigenvalue weighted by atomic mass is 32.2. The number of pyridine rings is 1. The average Bonchev–Trinajstić information content (AvgIpc) is 3.75. The summed E-state index contributed by atoms with van der Waals surface area (Å²) in [5, 5.41) is 8.34. The number of H-pyrrole nitrogens is 1. The third-order valence-electron chi connectivity index (χ3n) is 10.3. The SMILES string of the molecule is C[C@@H]1CCCN1C1(C)CCc2ccc(-c3cnc4[nH]nc(-c5ccc(S(=O)(=O)C6CCCC6)cc5)c4c3)cc2CC1. The van der Waals surface area contributed by atoms with Crippen molar-refractivity contribution in [2.45, 2.75) is 99.8 Å². The van der Waals surface area contributed by atoms with Crippen molar-refractivity contribution in [1.82, 2.24) is 20.1 Å². The molecule has 1 saturated heterocycles. The molecule has 4 aromatic rings. The van der Waals surface area contributed by atoms with Crippen LogP contribution < -0.4 is 0 Å². The van der Waals surface area contributed by atoms with E-state index in [4.69, 9.17) is 4.98 Å². The number of sulfone groups is 1. The fraction of sp³-hybridized carbons (Fsp3) is 0.471. The van der Waals surface area contributed by atoms with Gasteiger partial charge in [-0.15, -0.1) is 0 Å². The predicted octanol–water partition coefficient (Wildman–Crippen LogP) is 7.13. The van der Waals surface area contributed by atoms with Crippen molar-refractivity contribution in [3.8, 4) is 22.4 Å². The van der Waals surface area contributed by atoms with Crippen LogP contribution in [0.4, 0.5) is 0 Å². The van der Waals surface area contributed by atoms with Crippen LogP contribution in [0.15, 0.2) is 59.6 Å². The minimum Gasteiger partial charge on any atom is -0.295 e. The summed E-state index contributed by atoms with van der Waals surface area (Å²) in [7, 11) is -3.28. The molecular weight excluding hydrogens is 528 g/mol. The maximum absolute atomic E-state index is 13.1. The second-order valence-corrected chi connectivity index (χ2v) is 15.1. The Labute approximate surface area is 243 Å². The second-order valence-electron chi connectivity index (χ2n) is 12.8. The number of aromatic amines is 1. The molecule has 214 valence electrons. The van der Waals surface area contributed by atoms with E-state index >= 15 is 0 Å². The van der Waals surface area contributed by atoms with E-state index in [9.17, 15) is 8.42 Å². The van der Waals surface area contributed by atoms with E-state index in [-0.39, 0.29) is 10.8 Å². The van der Waals surface area contributed by atoms with Gasteiger partial charge in [0.05, 0.1) is 10.1 Å². The molecule has 7 rings (SSSR count). The number of nitrogens with one attached hydrogen (secondary N) is 1. The summed E-state index contributed by atoms with van der Waals surface area (Å²) < 4.78 is 26.1. The van der Waals surface area contributed by atoms with Crippen molar-refractivity contribution in [2.24, 2.45) is 0 Å². The average molecular weight is 569 g/mol. The lowest BCUT2D eigenvalue weighted by Gasteiger charge is -2.41. The molecule has 0 bridgehead atoms. The van der Waals surface area contributed by atoms with E-state index in [0.29, 0.717) is 10.9 Å². The zero-order valence-electron chi connectivity index (χ0n) is 24.2. The van der Waals surface area contributed by atoms with Gasteiger partial charge in [-0.2, -0.15) is 5.10 Å².